The molecule has 3 rings (SSSR count). The second kappa shape index (κ2) is 6.54. The van der Waals surface area contributed by atoms with Gasteiger partial charge in [-0.3, -0.25) is 4.79 Å². The molecule has 0 unspecified atom stereocenters. The fraction of sp³-hybridized carbons (Fsp3) is 0. The van der Waals surface area contributed by atoms with Crippen LogP contribution in [0.1, 0.15) is 15.9 Å². The Morgan fingerprint density at radius 1 is 1.22 bits per heavy atom. The molecule has 23 heavy (non-hydrogen) atoms. The van der Waals surface area contributed by atoms with Crippen molar-refractivity contribution in [2.75, 3.05) is 0 Å². The van der Waals surface area contributed by atoms with E-state index in [1.807, 2.05) is 24.3 Å². The molecule has 2 aromatic carbocycles. The number of benzene rings is 2. The monoisotopic (exact) mass is 327 g/mol. The van der Waals surface area contributed by atoms with E-state index >= 15 is 0 Å². The molecule has 0 aliphatic carbocycles. The van der Waals surface area contributed by atoms with Crippen LogP contribution in [0.25, 0.3) is 11.8 Å². The van der Waals surface area contributed by atoms with E-state index in [1.54, 1.807) is 17.1 Å². The Kier molecular flexibility index (Phi) is 4.30. The van der Waals surface area contributed by atoms with E-state index in [0.29, 0.717) is 5.56 Å². The molecule has 0 saturated carbocycles. The molecule has 0 spiro atoms. The lowest BCUT2D eigenvalue weighted by molar-refractivity contribution is 0.104. The molecule has 1 aromatic heterocycles. The first-order valence-corrected chi connectivity index (χ1v) is 7.14. The van der Waals surface area contributed by atoms with Crippen LogP contribution in [0.2, 0.25) is 5.02 Å². The van der Waals surface area contributed by atoms with Gasteiger partial charge in [0.15, 0.2) is 5.78 Å². The summed E-state index contributed by atoms with van der Waals surface area (Å²) < 4.78 is 14.8. The Balaban J connectivity index is 1.88. The van der Waals surface area contributed by atoms with E-state index in [9.17, 15) is 9.18 Å². The molecule has 0 aliphatic heterocycles. The Morgan fingerprint density at radius 3 is 2.78 bits per heavy atom. The molecule has 0 N–H and O–H groups in total. The summed E-state index contributed by atoms with van der Waals surface area (Å²) in [7, 11) is 0. The molecule has 0 aliphatic rings. The summed E-state index contributed by atoms with van der Waals surface area (Å²) in [5, 5.41) is 4.00. The van der Waals surface area contributed by atoms with Crippen molar-refractivity contribution in [3.63, 3.8) is 0 Å². The minimum Gasteiger partial charge on any atom is -0.289 e. The van der Waals surface area contributed by atoms with Crippen molar-refractivity contribution in [1.82, 2.24) is 14.8 Å². The molecule has 6 heteroatoms. The van der Waals surface area contributed by atoms with Gasteiger partial charge in [-0.1, -0.05) is 29.8 Å². The van der Waals surface area contributed by atoms with Crippen LogP contribution in [-0.2, 0) is 0 Å². The number of hydrogen-bond acceptors (Lipinski definition) is 3. The van der Waals surface area contributed by atoms with Crippen LogP contribution < -0.4 is 0 Å². The van der Waals surface area contributed by atoms with Crippen LogP contribution >= 0.6 is 11.6 Å². The van der Waals surface area contributed by atoms with E-state index in [-0.39, 0.29) is 10.8 Å². The average Bonchev–Trinajstić information content (AvgIpc) is 3.10. The van der Waals surface area contributed by atoms with Crippen molar-refractivity contribution in [3.05, 3.63) is 83.2 Å². The number of ketones is 1. The van der Waals surface area contributed by atoms with Gasteiger partial charge in [-0.25, -0.2) is 14.1 Å². The van der Waals surface area contributed by atoms with Gasteiger partial charge in [0.2, 0.25) is 0 Å². The van der Waals surface area contributed by atoms with Gasteiger partial charge in [0.25, 0.3) is 0 Å². The fourth-order valence-electron chi connectivity index (χ4n) is 2.08. The minimum absolute atomic E-state index is 0.0766. The summed E-state index contributed by atoms with van der Waals surface area (Å²) in [6, 6.07) is 11.3. The lowest BCUT2D eigenvalue weighted by Gasteiger charge is -2.04. The molecule has 0 saturated heterocycles. The zero-order valence-corrected chi connectivity index (χ0v) is 12.6. The van der Waals surface area contributed by atoms with Gasteiger partial charge in [-0.05, 0) is 36.4 Å². The van der Waals surface area contributed by atoms with Crippen LogP contribution in [0.3, 0.4) is 0 Å². The van der Waals surface area contributed by atoms with Gasteiger partial charge < -0.3 is 0 Å². The number of halogens is 2. The van der Waals surface area contributed by atoms with Gasteiger partial charge in [-0.15, -0.1) is 0 Å². The summed E-state index contributed by atoms with van der Waals surface area (Å²) in [5.74, 6) is -0.816. The van der Waals surface area contributed by atoms with Crippen LogP contribution in [0, 0.1) is 5.82 Å². The maximum Gasteiger partial charge on any atom is 0.185 e. The van der Waals surface area contributed by atoms with E-state index in [4.69, 9.17) is 11.6 Å². The Labute approximate surface area is 136 Å². The van der Waals surface area contributed by atoms with Crippen LogP contribution in [-0.4, -0.2) is 20.5 Å². The van der Waals surface area contributed by atoms with Crippen LogP contribution in [0.15, 0.2) is 61.2 Å². The normalized spacial score (nSPS) is 11.0. The zero-order chi connectivity index (χ0) is 16.2. The number of aromatic nitrogens is 3. The Hall–Kier alpha value is -2.79. The zero-order valence-electron chi connectivity index (χ0n) is 11.9. The molecule has 0 bridgehead atoms. The number of hydrogen-bond donors (Lipinski definition) is 0. The van der Waals surface area contributed by atoms with Gasteiger partial charge >= 0.3 is 0 Å². The average molecular weight is 328 g/mol. The molecule has 1 heterocycles. The highest BCUT2D eigenvalue weighted by Gasteiger charge is 2.07. The molecule has 3 aromatic rings. The van der Waals surface area contributed by atoms with E-state index < -0.39 is 5.82 Å². The highest BCUT2D eigenvalue weighted by Crippen LogP contribution is 2.18. The van der Waals surface area contributed by atoms with Gasteiger partial charge in [0.05, 0.1) is 10.7 Å². The van der Waals surface area contributed by atoms with Crippen molar-refractivity contribution >= 4 is 23.5 Å². The largest absolute Gasteiger partial charge is 0.289 e. The lowest BCUT2D eigenvalue weighted by atomic mass is 10.1. The summed E-state index contributed by atoms with van der Waals surface area (Å²) in [6.45, 7) is 0. The predicted molar refractivity (Wildman–Crippen MR) is 86.1 cm³/mol. The number of carbonyl (C=O) groups is 1. The molecular weight excluding hydrogens is 317 g/mol. The first-order valence-electron chi connectivity index (χ1n) is 6.76. The van der Waals surface area contributed by atoms with Crippen molar-refractivity contribution in [2.45, 2.75) is 0 Å². The Morgan fingerprint density at radius 2 is 2.04 bits per heavy atom. The molecule has 0 radical (unpaired) electrons. The number of allylic oxidation sites excluding steroid dienone is 1. The SMILES string of the molecule is O=C(/C=C\c1ccccc1-n1cncn1)c1ccc(F)c(Cl)c1. The summed E-state index contributed by atoms with van der Waals surface area (Å²) in [4.78, 5) is 16.1. The molecule has 4 nitrogen and oxygen atoms in total. The van der Waals surface area contributed by atoms with E-state index in [2.05, 4.69) is 10.1 Å². The minimum atomic E-state index is -0.552. The third-order valence-corrected chi connectivity index (χ3v) is 3.51. The number of nitrogens with zero attached hydrogens (tertiary/aromatic N) is 3. The first-order chi connectivity index (χ1) is 11.1. The van der Waals surface area contributed by atoms with E-state index in [1.165, 1.54) is 30.6 Å². The number of carbonyl (C=O) groups excluding carboxylic acids is 1. The maximum absolute atomic E-state index is 13.1. The van der Waals surface area contributed by atoms with Gasteiger partial charge in [-0.2, -0.15) is 5.10 Å². The molecule has 0 atom stereocenters. The molecule has 0 amide bonds. The topological polar surface area (TPSA) is 47.8 Å². The van der Waals surface area contributed by atoms with Crippen LogP contribution in [0.4, 0.5) is 4.39 Å². The first kappa shape index (κ1) is 15.1. The third-order valence-electron chi connectivity index (χ3n) is 3.22. The summed E-state index contributed by atoms with van der Waals surface area (Å²) >= 11 is 5.70. The second-order valence-electron chi connectivity index (χ2n) is 4.73. The molecular formula is C17H11ClFN3O. The van der Waals surface area contributed by atoms with E-state index in [0.717, 1.165) is 11.3 Å². The smallest absolute Gasteiger partial charge is 0.185 e. The van der Waals surface area contributed by atoms with Gasteiger partial charge in [0.1, 0.15) is 18.5 Å². The van der Waals surface area contributed by atoms with Crippen molar-refractivity contribution in [3.8, 4) is 5.69 Å². The maximum atomic E-state index is 13.1. The standard InChI is InChI=1S/C17H11ClFN3O/c18-14-9-13(5-7-15(14)19)17(23)8-6-12-3-1-2-4-16(12)22-11-20-10-21-22/h1-11H/b8-6-. The van der Waals surface area contributed by atoms with Crippen molar-refractivity contribution in [1.29, 1.82) is 0 Å². The Bertz CT molecular complexity index is 875. The lowest BCUT2D eigenvalue weighted by Crippen LogP contribution is -1.98. The second-order valence-corrected chi connectivity index (χ2v) is 5.13. The predicted octanol–water partition coefficient (Wildman–Crippen LogP) is 3.96. The number of rotatable bonds is 4. The highest BCUT2D eigenvalue weighted by molar-refractivity contribution is 6.31. The third kappa shape index (κ3) is 3.35. The quantitative estimate of drug-likeness (QED) is 0.538. The molecule has 114 valence electrons. The van der Waals surface area contributed by atoms with Crippen LogP contribution in [0.5, 0.6) is 0 Å². The highest BCUT2D eigenvalue weighted by atomic mass is 35.5. The van der Waals surface area contributed by atoms with Crippen molar-refractivity contribution < 1.29 is 9.18 Å². The van der Waals surface area contributed by atoms with Gasteiger partial charge in [0, 0.05) is 11.1 Å². The molecule has 0 fully saturated rings. The summed E-state index contributed by atoms with van der Waals surface area (Å²) in [5.41, 5.74) is 1.93. The summed E-state index contributed by atoms with van der Waals surface area (Å²) in [6.07, 6.45) is 6.11. The van der Waals surface area contributed by atoms with Crippen molar-refractivity contribution in [2.24, 2.45) is 0 Å². The number of para-hydroxylation sites is 1. The fourth-order valence-corrected chi connectivity index (χ4v) is 2.26.